The van der Waals surface area contributed by atoms with Crippen LogP contribution in [0.5, 0.6) is 5.75 Å². The van der Waals surface area contributed by atoms with Crippen LogP contribution in [-0.4, -0.2) is 88.0 Å². The molecule has 3 heterocycles. The Hall–Kier alpha value is -5.72. The molecule has 0 saturated carbocycles. The predicted molar refractivity (Wildman–Crippen MR) is 178 cm³/mol. The van der Waals surface area contributed by atoms with E-state index in [0.29, 0.717) is 28.5 Å². The van der Waals surface area contributed by atoms with Gasteiger partial charge in [0, 0.05) is 25.2 Å². The molecule has 2 aliphatic rings. The molecule has 2 saturated heterocycles. The minimum atomic E-state index is -0.892. The molecular formula is C33H33N9O5S. The standard InChI is InChI=1S/C33H33N9O5S/c1-47-25-11-7-22(8-12-25)16-36-33(46)40(14-13-34)41-19-29(44)42-26(15-21-5-9-24(10-6-21)37-20-43)31(45)39(18-28(41)42)17-23-3-2-4-27-30(23)38-32(35)48-27/h2-12,20,26,28H,14-19H2,1H3,(H2,35,38)(H,36,46)(H,37,43)/t26-,28+/m0/s1. The van der Waals surface area contributed by atoms with Crippen LogP contribution in [0, 0.1) is 11.3 Å². The molecule has 4 N–H and O–H groups in total. The van der Waals surface area contributed by atoms with Crippen LogP contribution >= 0.6 is 11.3 Å². The maximum atomic E-state index is 14.2. The Kier molecular flexibility index (Phi) is 9.37. The summed E-state index contributed by atoms with van der Waals surface area (Å²) in [5.74, 6) is 0.0888. The lowest BCUT2D eigenvalue weighted by Gasteiger charge is -2.46. The first-order valence-corrected chi connectivity index (χ1v) is 16.0. The van der Waals surface area contributed by atoms with Crippen molar-refractivity contribution in [1.29, 1.82) is 5.26 Å². The van der Waals surface area contributed by atoms with E-state index in [4.69, 9.17) is 10.5 Å². The zero-order valence-electron chi connectivity index (χ0n) is 26.0. The van der Waals surface area contributed by atoms with Gasteiger partial charge in [0.2, 0.25) is 18.2 Å². The number of thiazole rings is 1. The lowest BCUT2D eigenvalue weighted by molar-refractivity contribution is -0.157. The van der Waals surface area contributed by atoms with Gasteiger partial charge in [-0.15, -0.1) is 0 Å². The van der Waals surface area contributed by atoms with E-state index in [0.717, 1.165) is 21.4 Å². The smallest absolute Gasteiger partial charge is 0.333 e. The highest BCUT2D eigenvalue weighted by molar-refractivity contribution is 7.22. The number of benzene rings is 3. The number of hydrazine groups is 1. The zero-order chi connectivity index (χ0) is 33.8. The summed E-state index contributed by atoms with van der Waals surface area (Å²) in [7, 11) is 1.57. The van der Waals surface area contributed by atoms with Crippen molar-refractivity contribution in [2.24, 2.45) is 0 Å². The van der Waals surface area contributed by atoms with E-state index in [1.54, 1.807) is 53.4 Å². The van der Waals surface area contributed by atoms with E-state index < -0.39 is 18.2 Å². The molecule has 2 fully saturated rings. The third kappa shape index (κ3) is 6.57. The second kappa shape index (κ2) is 14.0. The Morgan fingerprint density at radius 1 is 1.15 bits per heavy atom. The Bertz CT molecular complexity index is 1880. The average Bonchev–Trinajstić information content (AvgIpc) is 3.64. The Morgan fingerprint density at radius 2 is 1.90 bits per heavy atom. The molecule has 5 amide bonds. The van der Waals surface area contributed by atoms with E-state index in [1.165, 1.54) is 21.2 Å². The van der Waals surface area contributed by atoms with Gasteiger partial charge in [0.25, 0.3) is 0 Å². The number of amides is 5. The number of urea groups is 1. The van der Waals surface area contributed by atoms with Crippen molar-refractivity contribution in [3.8, 4) is 11.8 Å². The Labute approximate surface area is 280 Å². The summed E-state index contributed by atoms with van der Waals surface area (Å²) in [5.41, 5.74) is 9.69. The molecule has 2 atom stereocenters. The van der Waals surface area contributed by atoms with Crippen molar-refractivity contribution >= 4 is 56.6 Å². The number of rotatable bonds is 11. The van der Waals surface area contributed by atoms with Crippen LogP contribution < -0.4 is 21.1 Å². The molecular weight excluding hydrogens is 634 g/mol. The van der Waals surface area contributed by atoms with Gasteiger partial charge < -0.3 is 30.9 Å². The predicted octanol–water partition coefficient (Wildman–Crippen LogP) is 2.53. The van der Waals surface area contributed by atoms with E-state index in [2.05, 4.69) is 15.6 Å². The van der Waals surface area contributed by atoms with Gasteiger partial charge in [-0.1, -0.05) is 47.7 Å². The summed E-state index contributed by atoms with van der Waals surface area (Å²) in [5, 5.41) is 18.4. The summed E-state index contributed by atoms with van der Waals surface area (Å²) in [6.07, 6.45) is 0.0507. The van der Waals surface area contributed by atoms with Crippen molar-refractivity contribution in [3.63, 3.8) is 0 Å². The molecule has 1 aromatic heterocycles. The first-order chi connectivity index (χ1) is 23.3. The van der Waals surface area contributed by atoms with Crippen LogP contribution in [0.15, 0.2) is 66.7 Å². The van der Waals surface area contributed by atoms with Crippen molar-refractivity contribution in [2.75, 3.05) is 37.8 Å². The molecule has 3 aromatic carbocycles. The van der Waals surface area contributed by atoms with Crippen molar-refractivity contribution in [2.45, 2.75) is 31.7 Å². The number of carbonyl (C=O) groups is 4. The highest BCUT2D eigenvalue weighted by Gasteiger charge is 2.52. The van der Waals surface area contributed by atoms with E-state index in [-0.39, 0.29) is 51.0 Å². The first-order valence-electron chi connectivity index (χ1n) is 15.1. The van der Waals surface area contributed by atoms with E-state index >= 15 is 0 Å². The van der Waals surface area contributed by atoms with Gasteiger partial charge in [0.05, 0.1) is 36.5 Å². The van der Waals surface area contributed by atoms with Crippen molar-refractivity contribution in [3.05, 3.63) is 83.4 Å². The summed E-state index contributed by atoms with van der Waals surface area (Å²) >= 11 is 1.36. The maximum absolute atomic E-state index is 14.2. The van der Waals surface area contributed by atoms with E-state index in [9.17, 15) is 24.4 Å². The largest absolute Gasteiger partial charge is 0.497 e. The average molecular weight is 668 g/mol. The molecule has 2 aliphatic heterocycles. The van der Waals surface area contributed by atoms with Gasteiger partial charge in [0.15, 0.2) is 5.13 Å². The molecule has 0 bridgehead atoms. The normalized spacial score (nSPS) is 17.6. The lowest BCUT2D eigenvalue weighted by Crippen LogP contribution is -2.66. The van der Waals surface area contributed by atoms with Gasteiger partial charge in [0.1, 0.15) is 24.5 Å². The number of hydrogen-bond donors (Lipinski definition) is 3. The fraction of sp³-hybridized carbons (Fsp3) is 0.273. The second-order valence-electron chi connectivity index (χ2n) is 11.3. The molecule has 246 valence electrons. The lowest BCUT2D eigenvalue weighted by atomic mass is 9.99. The van der Waals surface area contributed by atoms with Gasteiger partial charge in [-0.2, -0.15) is 10.3 Å². The van der Waals surface area contributed by atoms with Crippen molar-refractivity contribution < 1.29 is 23.9 Å². The highest BCUT2D eigenvalue weighted by Crippen LogP contribution is 2.32. The van der Waals surface area contributed by atoms with Gasteiger partial charge in [-0.25, -0.2) is 14.8 Å². The van der Waals surface area contributed by atoms with Crippen molar-refractivity contribution in [1.82, 2.24) is 30.1 Å². The topological polar surface area (TPSA) is 177 Å². The summed E-state index contributed by atoms with van der Waals surface area (Å²) in [6, 6.07) is 20.5. The number of nitrogens with one attached hydrogen (secondary N) is 2. The summed E-state index contributed by atoms with van der Waals surface area (Å²) in [6.45, 7) is -0.0310. The maximum Gasteiger partial charge on any atom is 0.333 e. The number of hydrogen-bond acceptors (Lipinski definition) is 10. The monoisotopic (exact) mass is 667 g/mol. The highest BCUT2D eigenvalue weighted by atomic mass is 32.1. The van der Waals surface area contributed by atoms with Crippen LogP contribution in [0.1, 0.15) is 16.7 Å². The number of nitrogens with two attached hydrogens (primary N) is 1. The fourth-order valence-corrected chi connectivity index (χ4v) is 6.92. The van der Waals surface area contributed by atoms with Gasteiger partial charge in [-0.3, -0.25) is 14.4 Å². The summed E-state index contributed by atoms with van der Waals surface area (Å²) in [4.78, 5) is 60.1. The van der Waals surface area contributed by atoms with Crippen LogP contribution in [-0.2, 0) is 33.9 Å². The number of nitrogens with zero attached hydrogens (tertiary/aromatic N) is 6. The van der Waals surface area contributed by atoms with Gasteiger partial charge in [-0.05, 0) is 47.0 Å². The number of para-hydroxylation sites is 1. The number of fused-ring (bicyclic) bond motifs is 2. The Morgan fingerprint density at radius 3 is 2.60 bits per heavy atom. The van der Waals surface area contributed by atoms with Gasteiger partial charge >= 0.3 is 6.03 Å². The summed E-state index contributed by atoms with van der Waals surface area (Å²) < 4.78 is 6.09. The molecule has 0 aliphatic carbocycles. The third-order valence-corrected chi connectivity index (χ3v) is 9.27. The minimum absolute atomic E-state index is 0.0902. The van der Waals surface area contributed by atoms with Crippen LogP contribution in [0.3, 0.4) is 0 Å². The molecule has 4 aromatic rings. The number of carbonyl (C=O) groups excluding carboxylic acids is 4. The molecule has 14 nitrogen and oxygen atoms in total. The molecule has 15 heteroatoms. The minimum Gasteiger partial charge on any atom is -0.497 e. The number of nitrogen functional groups attached to an aromatic ring is 1. The number of nitriles is 1. The molecule has 6 rings (SSSR count). The number of ether oxygens (including phenoxy) is 1. The van der Waals surface area contributed by atoms with E-state index in [1.807, 2.05) is 36.4 Å². The number of aromatic nitrogens is 1. The molecule has 48 heavy (non-hydrogen) atoms. The molecule has 0 unspecified atom stereocenters. The van der Waals surface area contributed by atoms with Crippen LogP contribution in [0.2, 0.25) is 0 Å². The number of anilines is 2. The first kappa shape index (κ1) is 32.2. The molecule has 0 spiro atoms. The quantitative estimate of drug-likeness (QED) is 0.160. The number of piperazine rings is 1. The van der Waals surface area contributed by atoms with Crippen LogP contribution in [0.4, 0.5) is 15.6 Å². The third-order valence-electron chi connectivity index (χ3n) is 8.42. The fourth-order valence-electron chi connectivity index (χ4n) is 6.13. The van der Waals surface area contributed by atoms with Crippen LogP contribution in [0.25, 0.3) is 10.2 Å². The zero-order valence-corrected chi connectivity index (χ0v) is 26.9. The number of methoxy groups -OCH3 is 1. The second-order valence-corrected chi connectivity index (χ2v) is 12.4. The Balaban J connectivity index is 1.30. The SMILES string of the molecule is COc1ccc(CNC(=O)N(CC#N)N2CC(=O)N3[C@@H](Cc4ccc(NC=O)cc4)C(=O)N(Cc4cccc5sc(N)nc45)C[C@@H]32)cc1. The molecule has 0 radical (unpaired) electrons.